The summed E-state index contributed by atoms with van der Waals surface area (Å²) in [6.07, 6.45) is 21.4. The third-order valence-corrected chi connectivity index (χ3v) is 6.46. The maximum atomic E-state index is 12.1. The highest BCUT2D eigenvalue weighted by atomic mass is 16.5. The van der Waals surface area contributed by atoms with Gasteiger partial charge in [-0.15, -0.1) is 0 Å². The Morgan fingerprint density at radius 2 is 1.14 bits per heavy atom. The number of hydrogen-bond donors (Lipinski definition) is 2. The van der Waals surface area contributed by atoms with Gasteiger partial charge in [0.15, 0.2) is 0 Å². The molecular weight excluding hydrogens is 440 g/mol. The van der Waals surface area contributed by atoms with E-state index in [-0.39, 0.29) is 5.75 Å². The first-order valence-corrected chi connectivity index (χ1v) is 14.0. The summed E-state index contributed by atoms with van der Waals surface area (Å²) < 4.78 is 5.62. The van der Waals surface area contributed by atoms with Crippen LogP contribution in [-0.4, -0.2) is 41.5 Å². The number of amides is 2. The van der Waals surface area contributed by atoms with E-state index in [0.29, 0.717) is 31.9 Å². The molecular formula is C29H50N2O4. The van der Waals surface area contributed by atoms with Crippen LogP contribution in [0.5, 0.6) is 11.5 Å². The first-order valence-electron chi connectivity index (χ1n) is 14.0. The third-order valence-electron chi connectivity index (χ3n) is 6.46. The Bertz CT molecular complexity index is 663. The Morgan fingerprint density at radius 3 is 1.60 bits per heavy atom. The zero-order chi connectivity index (χ0) is 25.6. The summed E-state index contributed by atoms with van der Waals surface area (Å²) in [5.41, 5.74) is 5.22. The Balaban J connectivity index is 2.02. The molecule has 0 saturated carbocycles. The largest absolute Gasteiger partial charge is 0.508 e. The van der Waals surface area contributed by atoms with Crippen molar-refractivity contribution >= 4 is 11.8 Å². The van der Waals surface area contributed by atoms with Crippen LogP contribution in [0.15, 0.2) is 24.3 Å². The van der Waals surface area contributed by atoms with Gasteiger partial charge in [-0.05, 0) is 37.1 Å². The molecule has 0 spiro atoms. The molecule has 2 amide bonds. The van der Waals surface area contributed by atoms with Crippen LogP contribution in [0.1, 0.15) is 116 Å². The van der Waals surface area contributed by atoms with Crippen molar-refractivity contribution < 1.29 is 19.4 Å². The molecule has 0 fully saturated rings. The highest BCUT2D eigenvalue weighted by molar-refractivity contribution is 6.34. The fraction of sp³-hybridized carbons (Fsp3) is 0.724. The lowest BCUT2D eigenvalue weighted by atomic mass is 10.0. The lowest BCUT2D eigenvalue weighted by Crippen LogP contribution is -2.41. The predicted molar refractivity (Wildman–Crippen MR) is 144 cm³/mol. The number of phenols is 1. The quantitative estimate of drug-likeness (QED) is 0.139. The molecule has 0 bridgehead atoms. The smallest absolute Gasteiger partial charge is 0.311 e. The molecule has 0 saturated heterocycles. The number of benzene rings is 1. The van der Waals surface area contributed by atoms with Crippen LogP contribution in [0.3, 0.4) is 0 Å². The van der Waals surface area contributed by atoms with Crippen molar-refractivity contribution in [3.05, 3.63) is 24.3 Å². The minimum absolute atomic E-state index is 0.189. The minimum Gasteiger partial charge on any atom is -0.508 e. The average molecular weight is 491 g/mol. The van der Waals surface area contributed by atoms with Crippen molar-refractivity contribution in [1.29, 1.82) is 0 Å². The molecule has 0 atom stereocenters. The van der Waals surface area contributed by atoms with Crippen LogP contribution in [-0.2, 0) is 9.59 Å². The monoisotopic (exact) mass is 490 g/mol. The second kappa shape index (κ2) is 21.1. The van der Waals surface area contributed by atoms with Crippen molar-refractivity contribution in [2.24, 2.45) is 5.73 Å². The Hall–Kier alpha value is -2.24. The highest BCUT2D eigenvalue weighted by Gasteiger charge is 2.18. The molecule has 0 aromatic heterocycles. The number of ether oxygens (including phenoxy) is 1. The van der Waals surface area contributed by atoms with Gasteiger partial charge in [-0.25, -0.2) is 0 Å². The van der Waals surface area contributed by atoms with Gasteiger partial charge < -0.3 is 20.5 Å². The maximum absolute atomic E-state index is 12.1. The molecule has 0 aliphatic heterocycles. The third kappa shape index (κ3) is 16.9. The number of primary amides is 1. The number of carbonyl (C=O) groups excluding carboxylic acids is 2. The number of nitrogens with zero attached hydrogens (tertiary/aromatic N) is 1. The molecule has 0 unspecified atom stereocenters. The number of hydrogen-bond acceptors (Lipinski definition) is 4. The van der Waals surface area contributed by atoms with Crippen LogP contribution >= 0.6 is 0 Å². The molecule has 0 radical (unpaired) electrons. The van der Waals surface area contributed by atoms with Gasteiger partial charge in [0.25, 0.3) is 0 Å². The molecule has 0 heterocycles. The molecule has 6 heteroatoms. The summed E-state index contributed by atoms with van der Waals surface area (Å²) in [7, 11) is 0. The average Bonchev–Trinajstić information content (AvgIpc) is 2.85. The highest BCUT2D eigenvalue weighted by Crippen LogP contribution is 2.16. The molecule has 35 heavy (non-hydrogen) atoms. The maximum Gasteiger partial charge on any atom is 0.311 e. The Morgan fingerprint density at radius 1 is 0.714 bits per heavy atom. The lowest BCUT2D eigenvalue weighted by Gasteiger charge is -2.21. The summed E-state index contributed by atoms with van der Waals surface area (Å²) in [6.45, 7) is 3.69. The summed E-state index contributed by atoms with van der Waals surface area (Å²) in [4.78, 5) is 25.0. The van der Waals surface area contributed by atoms with Crippen LogP contribution in [0.25, 0.3) is 0 Å². The molecule has 1 aromatic rings. The van der Waals surface area contributed by atoms with E-state index in [4.69, 9.17) is 10.5 Å². The van der Waals surface area contributed by atoms with E-state index in [2.05, 4.69) is 6.92 Å². The number of rotatable bonds is 22. The SMILES string of the molecule is CCCCCCCCCCCCCCCCCCN(CCCOc1ccc(O)cc1)C(=O)C(N)=O. The molecule has 1 aromatic carbocycles. The van der Waals surface area contributed by atoms with Gasteiger partial charge in [-0.3, -0.25) is 9.59 Å². The van der Waals surface area contributed by atoms with Crippen molar-refractivity contribution in [3.63, 3.8) is 0 Å². The van der Waals surface area contributed by atoms with Crippen molar-refractivity contribution in [3.8, 4) is 11.5 Å². The van der Waals surface area contributed by atoms with Gasteiger partial charge in [0.05, 0.1) is 6.61 Å². The van der Waals surface area contributed by atoms with Crippen LogP contribution in [0, 0.1) is 0 Å². The first kappa shape index (κ1) is 30.8. The minimum atomic E-state index is -0.902. The van der Waals surface area contributed by atoms with Crippen LogP contribution in [0.2, 0.25) is 0 Å². The van der Waals surface area contributed by atoms with E-state index < -0.39 is 11.8 Å². The standard InChI is InChI=1S/C29H50N2O4/c1-2-3-4-5-6-7-8-9-10-11-12-13-14-15-16-17-23-31(29(34)28(30)33)24-18-25-35-27-21-19-26(32)20-22-27/h19-22,32H,2-18,23-25H2,1H3,(H2,30,33). The van der Waals surface area contributed by atoms with E-state index >= 15 is 0 Å². The summed E-state index contributed by atoms with van der Waals surface area (Å²) >= 11 is 0. The number of phenolic OH excluding ortho intramolecular Hbond substituents is 1. The summed E-state index contributed by atoms with van der Waals surface area (Å²) in [5, 5.41) is 9.31. The van der Waals surface area contributed by atoms with Gasteiger partial charge in [0.1, 0.15) is 11.5 Å². The Kier molecular flexibility index (Phi) is 18.5. The number of unbranched alkanes of at least 4 members (excludes halogenated alkanes) is 15. The molecule has 0 aliphatic carbocycles. The van der Waals surface area contributed by atoms with E-state index in [9.17, 15) is 14.7 Å². The Labute approximate surface area is 213 Å². The predicted octanol–water partition coefficient (Wildman–Crippen LogP) is 6.74. The van der Waals surface area contributed by atoms with Gasteiger partial charge in [0, 0.05) is 13.1 Å². The number of carbonyl (C=O) groups is 2. The van der Waals surface area contributed by atoms with Gasteiger partial charge >= 0.3 is 11.8 Å². The van der Waals surface area contributed by atoms with Crippen molar-refractivity contribution in [2.45, 2.75) is 116 Å². The lowest BCUT2D eigenvalue weighted by molar-refractivity contribution is -0.144. The molecule has 6 nitrogen and oxygen atoms in total. The first-order chi connectivity index (χ1) is 17.0. The fourth-order valence-corrected chi connectivity index (χ4v) is 4.31. The molecule has 1 rings (SSSR count). The van der Waals surface area contributed by atoms with Crippen molar-refractivity contribution in [2.75, 3.05) is 19.7 Å². The number of aromatic hydroxyl groups is 1. The molecule has 0 aliphatic rings. The van der Waals surface area contributed by atoms with Crippen LogP contribution in [0.4, 0.5) is 0 Å². The van der Waals surface area contributed by atoms with Gasteiger partial charge in [0.2, 0.25) is 0 Å². The van der Waals surface area contributed by atoms with E-state index in [1.54, 1.807) is 29.2 Å². The zero-order valence-corrected chi connectivity index (χ0v) is 22.1. The van der Waals surface area contributed by atoms with E-state index in [1.807, 2.05) is 0 Å². The van der Waals surface area contributed by atoms with Crippen molar-refractivity contribution in [1.82, 2.24) is 4.90 Å². The van der Waals surface area contributed by atoms with Gasteiger partial charge in [-0.1, -0.05) is 103 Å². The fourth-order valence-electron chi connectivity index (χ4n) is 4.31. The summed E-state index contributed by atoms with van der Waals surface area (Å²) in [5.74, 6) is -0.667. The van der Waals surface area contributed by atoms with E-state index in [0.717, 1.165) is 12.8 Å². The second-order valence-electron chi connectivity index (χ2n) is 9.66. The second-order valence-corrected chi connectivity index (χ2v) is 9.66. The summed E-state index contributed by atoms with van der Waals surface area (Å²) in [6, 6.07) is 6.52. The number of nitrogens with two attached hydrogens (primary N) is 1. The molecule has 200 valence electrons. The van der Waals surface area contributed by atoms with Crippen LogP contribution < -0.4 is 10.5 Å². The normalized spacial score (nSPS) is 10.9. The van der Waals surface area contributed by atoms with E-state index in [1.165, 1.54) is 89.9 Å². The molecule has 3 N–H and O–H groups in total. The topological polar surface area (TPSA) is 92.9 Å². The zero-order valence-electron chi connectivity index (χ0n) is 22.1. The van der Waals surface area contributed by atoms with Gasteiger partial charge in [-0.2, -0.15) is 0 Å².